The summed E-state index contributed by atoms with van der Waals surface area (Å²) in [5.41, 5.74) is 3.56. The summed E-state index contributed by atoms with van der Waals surface area (Å²) in [4.78, 5) is 31.7. The lowest BCUT2D eigenvalue weighted by Gasteiger charge is -2.06. The number of rotatable bonds is 9. The van der Waals surface area contributed by atoms with Crippen LogP contribution in [0, 0.1) is 0 Å². The van der Waals surface area contributed by atoms with Gasteiger partial charge in [0.05, 0.1) is 12.1 Å². The second kappa shape index (κ2) is 10.2. The molecule has 32 heavy (non-hydrogen) atoms. The van der Waals surface area contributed by atoms with Gasteiger partial charge in [-0.3, -0.25) is 14.6 Å². The number of aromatic amines is 1. The maximum Gasteiger partial charge on any atom is 0.163 e. The van der Waals surface area contributed by atoms with Crippen molar-refractivity contribution in [3.8, 4) is 5.75 Å². The number of ether oxygens (including phenoxy) is 1. The van der Waals surface area contributed by atoms with E-state index in [9.17, 15) is 9.59 Å². The third kappa shape index (κ3) is 5.89. The van der Waals surface area contributed by atoms with E-state index in [0.29, 0.717) is 12.4 Å². The molecular weight excluding hydrogens is 400 g/mol. The average molecular weight is 422 g/mol. The predicted octanol–water partition coefficient (Wildman–Crippen LogP) is 5.40. The number of pyridine rings is 1. The summed E-state index contributed by atoms with van der Waals surface area (Å²) < 4.78 is 5.75. The number of allylic oxidation sites excluding steroid dienone is 2. The molecule has 158 valence electrons. The lowest BCUT2D eigenvalue weighted by molar-refractivity contribution is -0.121. The molecule has 0 saturated carbocycles. The van der Waals surface area contributed by atoms with Crippen molar-refractivity contribution in [1.29, 1.82) is 0 Å². The van der Waals surface area contributed by atoms with Gasteiger partial charge in [-0.05, 0) is 65.1 Å². The topological polar surface area (TPSA) is 72.0 Å². The fourth-order valence-corrected chi connectivity index (χ4v) is 3.19. The maximum absolute atomic E-state index is 12.2. The zero-order chi connectivity index (χ0) is 22.2. The molecule has 0 spiro atoms. The molecule has 0 fully saturated rings. The van der Waals surface area contributed by atoms with Crippen molar-refractivity contribution in [3.63, 3.8) is 0 Å². The minimum absolute atomic E-state index is 0.173. The highest BCUT2D eigenvalue weighted by atomic mass is 16.5. The molecule has 0 atom stereocenters. The summed E-state index contributed by atoms with van der Waals surface area (Å²) in [6.45, 7) is 0.366. The Labute approximate surface area is 186 Å². The van der Waals surface area contributed by atoms with Crippen molar-refractivity contribution in [2.75, 3.05) is 0 Å². The number of fused-ring (bicyclic) bond motifs is 1. The van der Waals surface area contributed by atoms with Crippen molar-refractivity contribution >= 4 is 34.6 Å². The van der Waals surface area contributed by atoms with Crippen molar-refractivity contribution in [2.24, 2.45) is 0 Å². The first-order valence-corrected chi connectivity index (χ1v) is 10.3. The zero-order valence-electron chi connectivity index (χ0n) is 17.4. The average Bonchev–Trinajstić information content (AvgIpc) is 3.29. The summed E-state index contributed by atoms with van der Waals surface area (Å²) in [5, 5.41) is 1.11. The SMILES string of the molecule is O=C(C=Cc1cccc(OCc2ccccn2)c1)CC(=O)C=Cc1ccc2cc[nH]c2c1. The normalized spacial score (nSPS) is 11.4. The highest BCUT2D eigenvalue weighted by molar-refractivity contribution is 6.11. The van der Waals surface area contributed by atoms with Crippen LogP contribution in [0.1, 0.15) is 23.2 Å². The highest BCUT2D eigenvalue weighted by Gasteiger charge is 2.04. The molecule has 0 aliphatic carbocycles. The maximum atomic E-state index is 12.2. The van der Waals surface area contributed by atoms with Crippen molar-refractivity contribution in [1.82, 2.24) is 9.97 Å². The van der Waals surface area contributed by atoms with Gasteiger partial charge in [0.15, 0.2) is 11.6 Å². The van der Waals surface area contributed by atoms with Gasteiger partial charge in [0.1, 0.15) is 12.4 Å². The Bertz CT molecular complexity index is 1290. The largest absolute Gasteiger partial charge is 0.487 e. The van der Waals surface area contributed by atoms with E-state index in [2.05, 4.69) is 9.97 Å². The third-order valence-electron chi connectivity index (χ3n) is 4.82. The van der Waals surface area contributed by atoms with Gasteiger partial charge in [0.25, 0.3) is 0 Å². The Balaban J connectivity index is 1.30. The fraction of sp³-hybridized carbons (Fsp3) is 0.0741. The second-order valence-electron chi connectivity index (χ2n) is 7.28. The molecule has 4 aromatic rings. The lowest BCUT2D eigenvalue weighted by atomic mass is 10.1. The Morgan fingerprint density at radius 3 is 2.47 bits per heavy atom. The minimum Gasteiger partial charge on any atom is -0.487 e. The van der Waals surface area contributed by atoms with Crippen LogP contribution in [0.2, 0.25) is 0 Å². The van der Waals surface area contributed by atoms with Gasteiger partial charge >= 0.3 is 0 Å². The van der Waals surface area contributed by atoms with Crippen LogP contribution < -0.4 is 4.74 Å². The highest BCUT2D eigenvalue weighted by Crippen LogP contribution is 2.17. The van der Waals surface area contributed by atoms with Crippen LogP contribution in [-0.4, -0.2) is 21.5 Å². The van der Waals surface area contributed by atoms with Crippen LogP contribution in [0.5, 0.6) is 5.75 Å². The van der Waals surface area contributed by atoms with E-state index in [4.69, 9.17) is 4.74 Å². The van der Waals surface area contributed by atoms with Crippen LogP contribution in [0.4, 0.5) is 0 Å². The number of hydrogen-bond acceptors (Lipinski definition) is 4. The molecule has 2 heterocycles. The van der Waals surface area contributed by atoms with Crippen LogP contribution in [0.15, 0.2) is 91.3 Å². The molecule has 2 aromatic heterocycles. The molecule has 0 bridgehead atoms. The van der Waals surface area contributed by atoms with E-state index in [1.165, 1.54) is 12.2 Å². The van der Waals surface area contributed by atoms with Gasteiger partial charge in [-0.1, -0.05) is 42.5 Å². The molecule has 5 heteroatoms. The molecular formula is C27H22N2O3. The first kappa shape index (κ1) is 21.0. The van der Waals surface area contributed by atoms with Gasteiger partial charge in [0, 0.05) is 17.9 Å². The number of ketones is 2. The molecule has 0 amide bonds. The first-order valence-electron chi connectivity index (χ1n) is 10.3. The van der Waals surface area contributed by atoms with Crippen LogP contribution in [-0.2, 0) is 16.2 Å². The molecule has 1 N–H and O–H groups in total. The van der Waals surface area contributed by atoms with Gasteiger partial charge in [-0.2, -0.15) is 0 Å². The lowest BCUT2D eigenvalue weighted by Crippen LogP contribution is -2.02. The van der Waals surface area contributed by atoms with Crippen LogP contribution in [0.25, 0.3) is 23.1 Å². The first-order chi connectivity index (χ1) is 15.7. The number of H-pyrrole nitrogens is 1. The minimum atomic E-state index is -0.251. The van der Waals surface area contributed by atoms with E-state index >= 15 is 0 Å². The summed E-state index contributed by atoms with van der Waals surface area (Å²) in [5.74, 6) is 0.196. The van der Waals surface area contributed by atoms with Crippen molar-refractivity contribution < 1.29 is 14.3 Å². The summed E-state index contributed by atoms with van der Waals surface area (Å²) >= 11 is 0. The van der Waals surface area contributed by atoms with Crippen molar-refractivity contribution in [2.45, 2.75) is 13.0 Å². The molecule has 0 radical (unpaired) electrons. The monoisotopic (exact) mass is 422 g/mol. The second-order valence-corrected chi connectivity index (χ2v) is 7.28. The van der Waals surface area contributed by atoms with E-state index < -0.39 is 0 Å². The number of nitrogens with one attached hydrogen (secondary N) is 1. The molecule has 5 nitrogen and oxygen atoms in total. The molecule has 2 aromatic carbocycles. The molecule has 0 unspecified atom stereocenters. The zero-order valence-corrected chi connectivity index (χ0v) is 17.4. The molecule has 0 aliphatic rings. The Kier molecular flexibility index (Phi) is 6.68. The molecule has 0 aliphatic heterocycles. The smallest absolute Gasteiger partial charge is 0.163 e. The Hall–Kier alpha value is -4.25. The number of carbonyl (C=O) groups excluding carboxylic acids is 2. The Morgan fingerprint density at radius 1 is 0.875 bits per heavy atom. The van der Waals surface area contributed by atoms with Gasteiger partial charge in [0.2, 0.25) is 0 Å². The number of hydrogen-bond donors (Lipinski definition) is 1. The van der Waals surface area contributed by atoms with Crippen LogP contribution >= 0.6 is 0 Å². The number of nitrogens with zero attached hydrogens (tertiary/aromatic N) is 1. The summed E-state index contributed by atoms with van der Waals surface area (Å²) in [7, 11) is 0. The number of aromatic nitrogens is 2. The van der Waals surface area contributed by atoms with Gasteiger partial charge in [-0.25, -0.2) is 0 Å². The van der Waals surface area contributed by atoms with E-state index in [1.54, 1.807) is 18.3 Å². The molecule has 0 saturated heterocycles. The quantitative estimate of drug-likeness (QED) is 0.290. The Morgan fingerprint density at radius 2 is 1.69 bits per heavy atom. The molecule has 4 rings (SSSR count). The predicted molar refractivity (Wildman–Crippen MR) is 126 cm³/mol. The fourth-order valence-electron chi connectivity index (χ4n) is 3.19. The standard InChI is InChI=1S/C27H22N2O3/c30-24(18-25(31)12-9-21-7-10-22-13-15-29-27(22)17-21)11-8-20-4-3-6-26(16-20)32-19-23-5-1-2-14-28-23/h1-17,29H,18-19H2. The van der Waals surface area contributed by atoms with Crippen LogP contribution in [0.3, 0.4) is 0 Å². The van der Waals surface area contributed by atoms with Gasteiger partial charge in [-0.15, -0.1) is 0 Å². The van der Waals surface area contributed by atoms with E-state index in [0.717, 1.165) is 27.7 Å². The van der Waals surface area contributed by atoms with Gasteiger partial charge < -0.3 is 9.72 Å². The summed E-state index contributed by atoms with van der Waals surface area (Å²) in [6.07, 6.45) is 9.70. The van der Waals surface area contributed by atoms with Crippen molar-refractivity contribution in [3.05, 3.63) is 108 Å². The van der Waals surface area contributed by atoms with E-state index in [-0.39, 0.29) is 18.0 Å². The number of carbonyl (C=O) groups is 2. The summed E-state index contributed by atoms with van der Waals surface area (Å²) in [6, 6.07) is 20.9. The van der Waals surface area contributed by atoms with E-state index in [1.807, 2.05) is 72.9 Å². The number of benzene rings is 2. The third-order valence-corrected chi connectivity index (χ3v) is 4.82.